The van der Waals surface area contributed by atoms with Gasteiger partial charge in [-0.15, -0.1) is 0 Å². The number of halogens is 3. The zero-order chi connectivity index (χ0) is 10.6. The second kappa shape index (κ2) is 4.77. The number of ether oxygens (including phenoxy) is 1. The van der Waals surface area contributed by atoms with Crippen molar-refractivity contribution in [1.82, 2.24) is 0 Å². The van der Waals surface area contributed by atoms with E-state index in [4.69, 9.17) is 0 Å². The molecule has 0 amide bonds. The number of carbonyl (C=O) groups excluding carboxylic acids is 1. The molecule has 0 radical (unpaired) electrons. The van der Waals surface area contributed by atoms with E-state index < -0.39 is 19.4 Å². The summed E-state index contributed by atoms with van der Waals surface area (Å²) in [5.74, 6) is -0.255. The van der Waals surface area contributed by atoms with Crippen LogP contribution in [-0.2, 0) is 9.53 Å². The van der Waals surface area contributed by atoms with Crippen molar-refractivity contribution in [3.63, 3.8) is 0 Å². The molecule has 1 aliphatic rings. The number of hydrogen-bond donors (Lipinski definition) is 0. The fraction of sp³-hybridized carbons (Fsp3) is 0.889. The van der Waals surface area contributed by atoms with Crippen molar-refractivity contribution in [1.29, 1.82) is 0 Å². The summed E-state index contributed by atoms with van der Waals surface area (Å²) in [7, 11) is 0. The van der Waals surface area contributed by atoms with Gasteiger partial charge in [0.25, 0.3) is 0 Å². The Hall–Kier alpha value is -0.580. The quantitative estimate of drug-likeness (QED) is 0.711. The molecule has 82 valence electrons. The van der Waals surface area contributed by atoms with Gasteiger partial charge in [-0.2, -0.15) is 13.2 Å². The minimum atomic E-state index is -4.34. The van der Waals surface area contributed by atoms with Crippen LogP contribution < -0.4 is 0 Å². The lowest BCUT2D eigenvalue weighted by Gasteiger charge is -2.09. The Morgan fingerprint density at radius 1 is 1.29 bits per heavy atom. The van der Waals surface area contributed by atoms with E-state index in [1.54, 1.807) is 0 Å². The minimum Gasteiger partial charge on any atom is -0.364 e. The van der Waals surface area contributed by atoms with Crippen molar-refractivity contribution in [2.24, 2.45) is 5.92 Å². The minimum absolute atomic E-state index is 0.0665. The first-order chi connectivity index (χ1) is 6.49. The highest BCUT2D eigenvalue weighted by molar-refractivity contribution is 5.82. The van der Waals surface area contributed by atoms with Gasteiger partial charge in [0.05, 0.1) is 0 Å². The van der Waals surface area contributed by atoms with Gasteiger partial charge in [0.2, 0.25) is 0 Å². The summed E-state index contributed by atoms with van der Waals surface area (Å²) in [5.41, 5.74) is 0. The van der Waals surface area contributed by atoms with Crippen LogP contribution in [0.5, 0.6) is 0 Å². The SMILES string of the molecule is O=C(COCC(F)(F)F)C1CCCC1. The van der Waals surface area contributed by atoms with E-state index in [9.17, 15) is 18.0 Å². The second-order valence-electron chi connectivity index (χ2n) is 3.56. The van der Waals surface area contributed by atoms with Gasteiger partial charge in [0.15, 0.2) is 5.78 Å². The van der Waals surface area contributed by atoms with Crippen LogP contribution in [0.15, 0.2) is 0 Å². The van der Waals surface area contributed by atoms with Crippen molar-refractivity contribution < 1.29 is 22.7 Å². The van der Waals surface area contributed by atoms with Crippen LogP contribution in [0, 0.1) is 5.92 Å². The van der Waals surface area contributed by atoms with E-state index in [0.717, 1.165) is 25.7 Å². The van der Waals surface area contributed by atoms with Crippen LogP contribution in [-0.4, -0.2) is 25.2 Å². The van der Waals surface area contributed by atoms with Gasteiger partial charge in [0.1, 0.15) is 13.2 Å². The molecule has 14 heavy (non-hydrogen) atoms. The van der Waals surface area contributed by atoms with Crippen LogP contribution in [0.25, 0.3) is 0 Å². The van der Waals surface area contributed by atoms with Gasteiger partial charge in [-0.25, -0.2) is 0 Å². The topological polar surface area (TPSA) is 26.3 Å². The predicted molar refractivity (Wildman–Crippen MR) is 43.8 cm³/mol. The molecule has 1 rings (SSSR count). The zero-order valence-electron chi connectivity index (χ0n) is 7.77. The van der Waals surface area contributed by atoms with E-state index in [1.807, 2.05) is 0 Å². The molecule has 0 aromatic carbocycles. The molecule has 5 heteroatoms. The smallest absolute Gasteiger partial charge is 0.364 e. The monoisotopic (exact) mass is 210 g/mol. The molecule has 0 aliphatic heterocycles. The lowest BCUT2D eigenvalue weighted by molar-refractivity contribution is -0.176. The molecule has 0 unspecified atom stereocenters. The molecule has 1 saturated carbocycles. The van der Waals surface area contributed by atoms with Crippen molar-refractivity contribution in [2.75, 3.05) is 13.2 Å². The first kappa shape index (κ1) is 11.5. The number of carbonyl (C=O) groups is 1. The maximum atomic E-state index is 11.6. The highest BCUT2D eigenvalue weighted by atomic mass is 19.4. The standard InChI is InChI=1S/C9H13F3O2/c10-9(11,12)6-14-5-8(13)7-3-1-2-4-7/h7H,1-6H2. The van der Waals surface area contributed by atoms with Crippen molar-refractivity contribution in [3.05, 3.63) is 0 Å². The van der Waals surface area contributed by atoms with Gasteiger partial charge < -0.3 is 4.74 Å². The summed E-state index contributed by atoms with van der Waals surface area (Å²) >= 11 is 0. The van der Waals surface area contributed by atoms with Crippen LogP contribution in [0.2, 0.25) is 0 Å². The van der Waals surface area contributed by atoms with Gasteiger partial charge in [0, 0.05) is 5.92 Å². The summed E-state index contributed by atoms with van der Waals surface area (Å²) in [4.78, 5) is 11.2. The Bertz CT molecular complexity index is 195. The fourth-order valence-corrected chi connectivity index (χ4v) is 1.63. The van der Waals surface area contributed by atoms with Crippen molar-refractivity contribution >= 4 is 5.78 Å². The Morgan fingerprint density at radius 3 is 2.36 bits per heavy atom. The Balaban J connectivity index is 2.15. The second-order valence-corrected chi connectivity index (χ2v) is 3.56. The third-order valence-electron chi connectivity index (χ3n) is 2.32. The predicted octanol–water partition coefficient (Wildman–Crippen LogP) is 2.32. The molecule has 0 aromatic heterocycles. The van der Waals surface area contributed by atoms with E-state index in [1.165, 1.54) is 0 Å². The molecule has 1 aliphatic carbocycles. The zero-order valence-corrected chi connectivity index (χ0v) is 7.77. The van der Waals surface area contributed by atoms with E-state index in [-0.39, 0.29) is 11.7 Å². The highest BCUT2D eigenvalue weighted by Crippen LogP contribution is 2.25. The third-order valence-corrected chi connectivity index (χ3v) is 2.32. The van der Waals surface area contributed by atoms with Crippen LogP contribution in [0.3, 0.4) is 0 Å². The van der Waals surface area contributed by atoms with E-state index in [2.05, 4.69) is 4.74 Å². The maximum absolute atomic E-state index is 11.6. The summed E-state index contributed by atoms with van der Waals surface area (Å²) in [6, 6.07) is 0. The molecule has 0 saturated heterocycles. The molecular formula is C9H13F3O2. The highest BCUT2D eigenvalue weighted by Gasteiger charge is 2.29. The number of rotatable bonds is 4. The maximum Gasteiger partial charge on any atom is 0.411 e. The summed E-state index contributed by atoms with van der Waals surface area (Å²) in [6.07, 6.45) is -0.746. The van der Waals surface area contributed by atoms with Crippen molar-refractivity contribution in [2.45, 2.75) is 31.9 Å². The molecule has 0 N–H and O–H groups in total. The molecular weight excluding hydrogens is 197 g/mol. The number of ketones is 1. The normalized spacial score (nSPS) is 18.8. The fourth-order valence-electron chi connectivity index (χ4n) is 1.63. The van der Waals surface area contributed by atoms with E-state index in [0.29, 0.717) is 0 Å². The third kappa shape index (κ3) is 4.09. The molecule has 1 fully saturated rings. The Morgan fingerprint density at radius 2 is 1.86 bits per heavy atom. The van der Waals surface area contributed by atoms with Crippen LogP contribution in [0.1, 0.15) is 25.7 Å². The summed E-state index contributed by atoms with van der Waals surface area (Å²) < 4.78 is 39.2. The number of hydrogen-bond acceptors (Lipinski definition) is 2. The average Bonchev–Trinajstić information content (AvgIpc) is 2.53. The molecule has 0 spiro atoms. The van der Waals surface area contributed by atoms with Crippen LogP contribution >= 0.6 is 0 Å². The average molecular weight is 210 g/mol. The molecule has 0 bridgehead atoms. The molecule has 0 heterocycles. The van der Waals surface area contributed by atoms with Gasteiger partial charge in [-0.3, -0.25) is 4.79 Å². The van der Waals surface area contributed by atoms with Gasteiger partial charge in [-0.1, -0.05) is 12.8 Å². The lowest BCUT2D eigenvalue weighted by atomic mass is 10.0. The molecule has 0 atom stereocenters. The first-order valence-electron chi connectivity index (χ1n) is 4.66. The Labute approximate surface area is 80.4 Å². The molecule has 2 nitrogen and oxygen atoms in total. The Kier molecular flexibility index (Phi) is 3.92. The van der Waals surface area contributed by atoms with Crippen molar-refractivity contribution in [3.8, 4) is 0 Å². The largest absolute Gasteiger partial charge is 0.411 e. The summed E-state index contributed by atoms with van der Waals surface area (Å²) in [6.45, 7) is -1.73. The van der Waals surface area contributed by atoms with Crippen LogP contribution in [0.4, 0.5) is 13.2 Å². The lowest BCUT2D eigenvalue weighted by Crippen LogP contribution is -2.23. The first-order valence-corrected chi connectivity index (χ1v) is 4.66. The number of Topliss-reactive ketones (excluding diaryl/α,β-unsaturated/α-hetero) is 1. The summed E-state index contributed by atoms with van der Waals surface area (Å²) in [5, 5.41) is 0. The number of alkyl halides is 3. The van der Waals surface area contributed by atoms with Gasteiger partial charge >= 0.3 is 6.18 Å². The molecule has 0 aromatic rings. The van der Waals surface area contributed by atoms with E-state index >= 15 is 0 Å². The van der Waals surface area contributed by atoms with Gasteiger partial charge in [-0.05, 0) is 12.8 Å².